The van der Waals surface area contributed by atoms with E-state index in [4.69, 9.17) is 5.26 Å². The molecule has 0 amide bonds. The lowest BCUT2D eigenvalue weighted by atomic mass is 10.2. The van der Waals surface area contributed by atoms with Crippen molar-refractivity contribution >= 4 is 22.6 Å². The van der Waals surface area contributed by atoms with Crippen molar-refractivity contribution in [1.29, 1.82) is 5.26 Å². The van der Waals surface area contributed by atoms with Crippen molar-refractivity contribution in [2.45, 2.75) is 6.18 Å². The first kappa shape index (κ1) is 13.4. The number of amidine groups is 1. The molecule has 0 unspecified atom stereocenters. The van der Waals surface area contributed by atoms with E-state index in [0.717, 1.165) is 17.8 Å². The highest BCUT2D eigenvalue weighted by molar-refractivity contribution is 8.13. The molecule has 0 aromatic heterocycles. The number of nitriles is 1. The summed E-state index contributed by atoms with van der Waals surface area (Å²) >= 11 is 1.06. The van der Waals surface area contributed by atoms with Gasteiger partial charge in [0.1, 0.15) is 0 Å². The Bertz CT molecular complexity index is 463. The number of halogens is 3. The van der Waals surface area contributed by atoms with Crippen molar-refractivity contribution < 1.29 is 13.2 Å². The first-order valence-electron chi connectivity index (χ1n) is 4.43. The summed E-state index contributed by atoms with van der Waals surface area (Å²) in [6.45, 7) is 0. The Morgan fingerprint density at radius 2 is 2.06 bits per heavy atom. The highest BCUT2D eigenvalue weighted by Crippen LogP contribution is 2.36. The van der Waals surface area contributed by atoms with E-state index in [1.54, 1.807) is 12.4 Å². The molecule has 1 aromatic rings. The Morgan fingerprint density at radius 3 is 2.59 bits per heavy atom. The number of para-hydroxylation sites is 1. The Balaban J connectivity index is 3.19. The molecule has 17 heavy (non-hydrogen) atoms. The summed E-state index contributed by atoms with van der Waals surface area (Å²) in [6.07, 6.45) is -1.24. The van der Waals surface area contributed by atoms with Crippen molar-refractivity contribution in [2.24, 2.45) is 4.99 Å². The quantitative estimate of drug-likeness (QED) is 0.365. The maximum Gasteiger partial charge on any atom is 0.418 e. The van der Waals surface area contributed by atoms with Crippen LogP contribution in [0.25, 0.3) is 0 Å². The summed E-state index contributed by atoms with van der Waals surface area (Å²) in [5.74, 6) is 0. The van der Waals surface area contributed by atoms with Gasteiger partial charge >= 0.3 is 6.18 Å². The van der Waals surface area contributed by atoms with Gasteiger partial charge in [0.25, 0.3) is 0 Å². The van der Waals surface area contributed by atoms with Crippen LogP contribution < -0.4 is 5.32 Å². The smallest absolute Gasteiger partial charge is 0.271 e. The lowest BCUT2D eigenvalue weighted by molar-refractivity contribution is -0.137. The van der Waals surface area contributed by atoms with Crippen molar-refractivity contribution in [3.63, 3.8) is 0 Å². The minimum atomic E-state index is -4.46. The number of hydrogen-bond donors (Lipinski definition) is 1. The van der Waals surface area contributed by atoms with E-state index in [0.29, 0.717) is 0 Å². The highest BCUT2D eigenvalue weighted by Gasteiger charge is 2.33. The lowest BCUT2D eigenvalue weighted by Gasteiger charge is -2.09. The molecule has 3 nitrogen and oxygen atoms in total. The Kier molecular flexibility index (Phi) is 4.40. The van der Waals surface area contributed by atoms with Crippen molar-refractivity contribution in [3.05, 3.63) is 29.8 Å². The molecule has 0 spiro atoms. The standard InChI is InChI=1S/C10H8F3N3S/c1-17-9(15-6-14)16-8-5-3-2-4-7(8)10(11,12)13/h2-5H,1H3,(H,15,16). The minimum Gasteiger partial charge on any atom is -0.271 e. The maximum atomic E-state index is 12.6. The molecule has 0 radical (unpaired) electrons. The number of rotatable bonds is 1. The molecule has 0 saturated carbocycles. The summed E-state index contributed by atoms with van der Waals surface area (Å²) in [4.78, 5) is 3.76. The number of aliphatic imine (C=N–C) groups is 1. The molecule has 1 aromatic carbocycles. The number of hydrogen-bond acceptors (Lipinski definition) is 3. The first-order chi connectivity index (χ1) is 7.99. The van der Waals surface area contributed by atoms with Crippen LogP contribution in [-0.4, -0.2) is 11.4 Å². The SMILES string of the molecule is CSC(=Nc1ccccc1C(F)(F)F)NC#N. The zero-order chi connectivity index (χ0) is 12.9. The summed E-state index contributed by atoms with van der Waals surface area (Å²) < 4.78 is 37.9. The predicted octanol–water partition coefficient (Wildman–Crippen LogP) is 3.13. The fourth-order valence-corrected chi connectivity index (χ4v) is 1.43. The van der Waals surface area contributed by atoms with Gasteiger partial charge in [0.05, 0.1) is 11.3 Å². The van der Waals surface area contributed by atoms with Gasteiger partial charge in [-0.05, 0) is 18.4 Å². The van der Waals surface area contributed by atoms with E-state index in [9.17, 15) is 13.2 Å². The molecule has 90 valence electrons. The van der Waals surface area contributed by atoms with Crippen LogP contribution in [0, 0.1) is 11.5 Å². The molecular weight excluding hydrogens is 251 g/mol. The first-order valence-corrected chi connectivity index (χ1v) is 5.65. The molecule has 0 atom stereocenters. The molecule has 0 bridgehead atoms. The molecule has 0 heterocycles. The van der Waals surface area contributed by atoms with E-state index in [2.05, 4.69) is 10.3 Å². The van der Waals surface area contributed by atoms with Crippen molar-refractivity contribution in [2.75, 3.05) is 6.26 Å². The van der Waals surface area contributed by atoms with Crippen LogP contribution in [0.3, 0.4) is 0 Å². The zero-order valence-electron chi connectivity index (χ0n) is 8.75. The Morgan fingerprint density at radius 1 is 1.41 bits per heavy atom. The summed E-state index contributed by atoms with van der Waals surface area (Å²) in [7, 11) is 0. The summed E-state index contributed by atoms with van der Waals surface area (Å²) in [5, 5.41) is 10.7. The van der Waals surface area contributed by atoms with Gasteiger partial charge in [-0.3, -0.25) is 5.32 Å². The van der Waals surface area contributed by atoms with Gasteiger partial charge in [0.2, 0.25) is 0 Å². The highest BCUT2D eigenvalue weighted by atomic mass is 32.2. The second kappa shape index (κ2) is 5.59. The molecule has 0 aliphatic heterocycles. The second-order valence-corrected chi connectivity index (χ2v) is 3.67. The fraction of sp³-hybridized carbons (Fsp3) is 0.200. The molecule has 1 N–H and O–H groups in total. The van der Waals surface area contributed by atoms with E-state index in [-0.39, 0.29) is 10.9 Å². The van der Waals surface area contributed by atoms with Gasteiger partial charge < -0.3 is 0 Å². The lowest BCUT2D eigenvalue weighted by Crippen LogP contribution is -2.13. The van der Waals surface area contributed by atoms with Gasteiger partial charge in [-0.25, -0.2) is 4.99 Å². The third-order valence-electron chi connectivity index (χ3n) is 1.79. The van der Waals surface area contributed by atoms with E-state index in [1.807, 2.05) is 0 Å². The molecule has 0 aliphatic carbocycles. The van der Waals surface area contributed by atoms with Crippen molar-refractivity contribution in [3.8, 4) is 6.19 Å². The van der Waals surface area contributed by atoms with E-state index >= 15 is 0 Å². The van der Waals surface area contributed by atoms with Gasteiger partial charge in [0, 0.05) is 0 Å². The van der Waals surface area contributed by atoms with Crippen molar-refractivity contribution in [1.82, 2.24) is 5.32 Å². The van der Waals surface area contributed by atoms with Crippen LogP contribution in [0.15, 0.2) is 29.3 Å². The largest absolute Gasteiger partial charge is 0.418 e. The molecule has 0 aliphatic rings. The van der Waals surface area contributed by atoms with Gasteiger partial charge in [-0.1, -0.05) is 23.9 Å². The van der Waals surface area contributed by atoms with Gasteiger partial charge in [0.15, 0.2) is 11.4 Å². The van der Waals surface area contributed by atoms with Crippen LogP contribution >= 0.6 is 11.8 Å². The average Bonchev–Trinajstić information content (AvgIpc) is 2.27. The van der Waals surface area contributed by atoms with Crippen LogP contribution in [0.4, 0.5) is 18.9 Å². The minimum absolute atomic E-state index is 0.115. The van der Waals surface area contributed by atoms with Gasteiger partial charge in [-0.2, -0.15) is 18.4 Å². The van der Waals surface area contributed by atoms with Crippen LogP contribution in [0.1, 0.15) is 5.56 Å². The number of alkyl halides is 3. The monoisotopic (exact) mass is 259 g/mol. The topological polar surface area (TPSA) is 48.2 Å². The normalized spacial score (nSPS) is 12.1. The van der Waals surface area contributed by atoms with Crippen LogP contribution in [-0.2, 0) is 6.18 Å². The third kappa shape index (κ3) is 3.67. The van der Waals surface area contributed by atoms with E-state index < -0.39 is 11.7 Å². The Labute approximate surface area is 100 Å². The summed E-state index contributed by atoms with van der Waals surface area (Å²) in [6, 6.07) is 4.94. The fourth-order valence-electron chi connectivity index (χ4n) is 1.09. The molecular formula is C10H8F3N3S. The van der Waals surface area contributed by atoms with Gasteiger partial charge in [-0.15, -0.1) is 0 Å². The Hall–Kier alpha value is -1.68. The number of nitrogens with one attached hydrogen (secondary N) is 1. The molecule has 0 saturated heterocycles. The summed E-state index contributed by atoms with van der Waals surface area (Å²) in [5.41, 5.74) is -1.04. The van der Waals surface area contributed by atoms with Crippen LogP contribution in [0.5, 0.6) is 0 Å². The molecule has 7 heteroatoms. The third-order valence-corrected chi connectivity index (χ3v) is 2.37. The van der Waals surface area contributed by atoms with E-state index in [1.165, 1.54) is 18.2 Å². The zero-order valence-corrected chi connectivity index (χ0v) is 9.56. The van der Waals surface area contributed by atoms with Crippen LogP contribution in [0.2, 0.25) is 0 Å². The number of nitrogens with zero attached hydrogens (tertiary/aromatic N) is 2. The molecule has 1 rings (SSSR count). The number of thioether (sulfide) groups is 1. The average molecular weight is 259 g/mol. The second-order valence-electron chi connectivity index (χ2n) is 2.87. The number of benzene rings is 1. The predicted molar refractivity (Wildman–Crippen MR) is 60.8 cm³/mol. The molecule has 0 fully saturated rings. The maximum absolute atomic E-state index is 12.6.